The van der Waals surface area contributed by atoms with Crippen molar-refractivity contribution < 1.29 is 13.2 Å². The van der Waals surface area contributed by atoms with Crippen LogP contribution in [0.25, 0.3) is 0 Å². The van der Waals surface area contributed by atoms with Gasteiger partial charge in [0.15, 0.2) is 9.84 Å². The lowest BCUT2D eigenvalue weighted by atomic mass is 9.89. The Kier molecular flexibility index (Phi) is 12.3. The number of likely N-dealkylation sites (tertiary alicyclic amines) is 1. The number of anilines is 2. The van der Waals surface area contributed by atoms with Gasteiger partial charge in [-0.15, -0.1) is 0 Å². The van der Waals surface area contributed by atoms with E-state index in [0.717, 1.165) is 95.7 Å². The van der Waals surface area contributed by atoms with Gasteiger partial charge >= 0.3 is 0 Å². The van der Waals surface area contributed by atoms with Crippen LogP contribution in [0.1, 0.15) is 94.0 Å². The zero-order valence-corrected chi connectivity index (χ0v) is 27.9. The maximum Gasteiger partial charge on any atom is 0.256 e. The first-order chi connectivity index (χ1) is 20.8. The van der Waals surface area contributed by atoms with Crippen molar-refractivity contribution in [3.05, 3.63) is 53.6 Å². The molecule has 0 spiro atoms. The number of carbonyl (C=O) groups is 1. The van der Waals surface area contributed by atoms with Crippen LogP contribution in [-0.4, -0.2) is 89.3 Å². The predicted octanol–water partition coefficient (Wildman–Crippen LogP) is 6.44. The highest BCUT2D eigenvalue weighted by Gasteiger charge is 2.30. The van der Waals surface area contributed by atoms with Crippen LogP contribution in [0.4, 0.5) is 11.4 Å². The first-order valence-corrected chi connectivity index (χ1v) is 18.6. The van der Waals surface area contributed by atoms with Crippen LogP contribution in [0.15, 0.2) is 47.4 Å². The second-order valence-electron chi connectivity index (χ2n) is 12.4. The quantitative estimate of drug-likeness (QED) is 0.231. The van der Waals surface area contributed by atoms with E-state index in [4.69, 9.17) is 0 Å². The van der Waals surface area contributed by atoms with E-state index in [1.165, 1.54) is 24.7 Å². The Morgan fingerprint density at radius 3 is 2.07 bits per heavy atom. The fourth-order valence-corrected chi connectivity index (χ4v) is 7.51. The Labute approximate surface area is 261 Å². The van der Waals surface area contributed by atoms with Gasteiger partial charge in [0.1, 0.15) is 0 Å². The summed E-state index contributed by atoms with van der Waals surface area (Å²) in [5.41, 5.74) is 3.50. The Balaban J connectivity index is 1.73. The molecule has 2 aliphatic heterocycles. The lowest BCUT2D eigenvalue weighted by Gasteiger charge is -2.36. The molecule has 0 bridgehead atoms. The largest absolute Gasteiger partial charge is 0.370 e. The summed E-state index contributed by atoms with van der Waals surface area (Å²) in [5.74, 6) is 0.425. The van der Waals surface area contributed by atoms with Crippen molar-refractivity contribution in [3.8, 4) is 0 Å². The SMILES string of the molecule is CCCCN(CCCC)C(=O)c1cc(S(C)(=O)=O)c(N2CCC(c3ccccc3)CC2)cc1N(CC)CCN1CCCC1. The second-order valence-corrected chi connectivity index (χ2v) is 14.4. The van der Waals surface area contributed by atoms with E-state index < -0.39 is 9.84 Å². The molecule has 4 rings (SSSR count). The predicted molar refractivity (Wildman–Crippen MR) is 179 cm³/mol. The molecule has 0 unspecified atom stereocenters. The molecule has 0 aliphatic carbocycles. The van der Waals surface area contributed by atoms with Gasteiger partial charge in [-0.25, -0.2) is 8.42 Å². The van der Waals surface area contributed by atoms with Crippen molar-refractivity contribution in [2.45, 2.75) is 83.0 Å². The van der Waals surface area contributed by atoms with E-state index in [9.17, 15) is 13.2 Å². The Morgan fingerprint density at radius 1 is 0.884 bits per heavy atom. The Morgan fingerprint density at radius 2 is 1.51 bits per heavy atom. The molecular weight excluding hydrogens is 556 g/mol. The van der Waals surface area contributed by atoms with Crippen LogP contribution >= 0.6 is 0 Å². The summed E-state index contributed by atoms with van der Waals surface area (Å²) in [6, 6.07) is 14.4. The number of carbonyl (C=O) groups excluding carboxylic acids is 1. The minimum Gasteiger partial charge on any atom is -0.370 e. The molecule has 0 N–H and O–H groups in total. The van der Waals surface area contributed by atoms with Gasteiger partial charge in [-0.05, 0) is 82.2 Å². The summed E-state index contributed by atoms with van der Waals surface area (Å²) >= 11 is 0. The summed E-state index contributed by atoms with van der Waals surface area (Å²) in [6.45, 7) is 14.1. The van der Waals surface area contributed by atoms with E-state index in [0.29, 0.717) is 24.6 Å². The maximum absolute atomic E-state index is 14.3. The molecule has 2 aromatic rings. The van der Waals surface area contributed by atoms with Crippen LogP contribution < -0.4 is 9.80 Å². The van der Waals surface area contributed by atoms with Crippen LogP contribution in [0, 0.1) is 0 Å². The fraction of sp³-hybridized carbons (Fsp3) is 0.629. The molecular formula is C35H54N4O3S. The number of hydrogen-bond acceptors (Lipinski definition) is 6. The standard InChI is InChI=1S/C35H54N4O3S/c1-5-8-21-39(22-9-6-2)35(40)31-27-34(43(4,41)42)33(28-32(31)37(7-3)26-25-36-19-13-14-20-36)38-23-17-30(18-24-38)29-15-11-10-12-16-29/h10-12,15-16,27-28,30H,5-9,13-14,17-26H2,1-4H3. The fourth-order valence-electron chi connectivity index (χ4n) is 6.61. The Bertz CT molecular complexity index is 1260. The first-order valence-electron chi connectivity index (χ1n) is 16.7. The molecule has 2 aromatic carbocycles. The third-order valence-electron chi connectivity index (χ3n) is 9.27. The number of benzene rings is 2. The first kappa shape index (κ1) is 33.3. The van der Waals surface area contributed by atoms with E-state index in [2.05, 4.69) is 65.8 Å². The van der Waals surface area contributed by atoms with Crippen molar-refractivity contribution in [1.82, 2.24) is 9.80 Å². The minimum absolute atomic E-state index is 0.0456. The van der Waals surface area contributed by atoms with Crippen molar-refractivity contribution >= 4 is 27.1 Å². The molecule has 2 fully saturated rings. The molecule has 7 nitrogen and oxygen atoms in total. The average molecular weight is 611 g/mol. The van der Waals surface area contributed by atoms with Crippen LogP contribution in [0.3, 0.4) is 0 Å². The molecule has 2 heterocycles. The van der Waals surface area contributed by atoms with Crippen molar-refractivity contribution in [2.24, 2.45) is 0 Å². The van der Waals surface area contributed by atoms with Gasteiger partial charge in [0.2, 0.25) is 0 Å². The van der Waals surface area contributed by atoms with E-state index >= 15 is 0 Å². The molecule has 2 aliphatic rings. The molecule has 0 atom stereocenters. The molecule has 2 saturated heterocycles. The normalized spacial score (nSPS) is 16.5. The molecule has 0 aromatic heterocycles. The summed E-state index contributed by atoms with van der Waals surface area (Å²) in [7, 11) is -3.58. The molecule has 1 amide bonds. The number of rotatable bonds is 15. The van der Waals surface area contributed by atoms with Crippen molar-refractivity contribution in [3.63, 3.8) is 0 Å². The van der Waals surface area contributed by atoms with E-state index in [-0.39, 0.29) is 10.8 Å². The van der Waals surface area contributed by atoms with Gasteiger partial charge in [0.25, 0.3) is 5.91 Å². The van der Waals surface area contributed by atoms with Crippen molar-refractivity contribution in [2.75, 3.05) is 75.0 Å². The van der Waals surface area contributed by atoms with Gasteiger partial charge in [-0.3, -0.25) is 4.79 Å². The zero-order valence-electron chi connectivity index (χ0n) is 27.1. The highest BCUT2D eigenvalue weighted by Crippen LogP contribution is 2.38. The van der Waals surface area contributed by atoms with E-state index in [1.807, 2.05) is 11.0 Å². The number of likely N-dealkylation sites (N-methyl/N-ethyl adjacent to an activating group) is 1. The van der Waals surface area contributed by atoms with Crippen molar-refractivity contribution in [1.29, 1.82) is 0 Å². The molecule has 43 heavy (non-hydrogen) atoms. The molecule has 8 heteroatoms. The van der Waals surface area contributed by atoms with Gasteiger partial charge in [0, 0.05) is 52.1 Å². The number of unbranched alkanes of at least 4 members (excludes halogenated alkanes) is 2. The summed E-state index contributed by atoms with van der Waals surface area (Å²) in [5, 5.41) is 0. The van der Waals surface area contributed by atoms with E-state index in [1.54, 1.807) is 6.07 Å². The van der Waals surface area contributed by atoms with Crippen LogP contribution in [0.2, 0.25) is 0 Å². The maximum atomic E-state index is 14.3. The second kappa shape index (κ2) is 15.9. The average Bonchev–Trinajstić information content (AvgIpc) is 3.55. The highest BCUT2D eigenvalue weighted by atomic mass is 32.2. The zero-order chi connectivity index (χ0) is 30.8. The molecule has 238 valence electrons. The Hall–Kier alpha value is -2.58. The third kappa shape index (κ3) is 8.75. The number of nitrogens with zero attached hydrogens (tertiary/aromatic N) is 4. The number of sulfone groups is 1. The number of hydrogen-bond donors (Lipinski definition) is 0. The summed E-state index contributed by atoms with van der Waals surface area (Å²) in [6.07, 6.45) is 9.59. The van der Waals surface area contributed by atoms with Crippen LogP contribution in [0.5, 0.6) is 0 Å². The lowest BCUT2D eigenvalue weighted by Crippen LogP contribution is -2.38. The summed E-state index contributed by atoms with van der Waals surface area (Å²) < 4.78 is 26.7. The lowest BCUT2D eigenvalue weighted by molar-refractivity contribution is 0.0751. The smallest absolute Gasteiger partial charge is 0.256 e. The summed E-state index contributed by atoms with van der Waals surface area (Å²) in [4.78, 5) is 23.6. The third-order valence-corrected chi connectivity index (χ3v) is 10.4. The number of piperidine rings is 1. The topological polar surface area (TPSA) is 64.2 Å². The molecule has 0 radical (unpaired) electrons. The van der Waals surface area contributed by atoms with Gasteiger partial charge in [-0.1, -0.05) is 57.0 Å². The number of amides is 1. The van der Waals surface area contributed by atoms with Gasteiger partial charge < -0.3 is 19.6 Å². The monoisotopic (exact) mass is 610 g/mol. The molecule has 0 saturated carbocycles. The van der Waals surface area contributed by atoms with Gasteiger partial charge in [0.05, 0.1) is 21.8 Å². The van der Waals surface area contributed by atoms with Crippen LogP contribution in [-0.2, 0) is 9.84 Å². The van der Waals surface area contributed by atoms with Gasteiger partial charge in [-0.2, -0.15) is 0 Å². The minimum atomic E-state index is -3.58. The highest BCUT2D eigenvalue weighted by molar-refractivity contribution is 7.90.